The van der Waals surface area contributed by atoms with Crippen LogP contribution in [-0.4, -0.2) is 13.0 Å². The van der Waals surface area contributed by atoms with Crippen LogP contribution >= 0.6 is 0 Å². The van der Waals surface area contributed by atoms with Gasteiger partial charge in [-0.05, 0) is 68.4 Å². The predicted molar refractivity (Wildman–Crippen MR) is 104 cm³/mol. The molecule has 0 unspecified atom stereocenters. The van der Waals surface area contributed by atoms with Gasteiger partial charge in [0.1, 0.15) is 5.75 Å². The average Bonchev–Trinajstić information content (AvgIpc) is 2.71. The van der Waals surface area contributed by atoms with Crippen molar-refractivity contribution in [1.29, 1.82) is 0 Å². The van der Waals surface area contributed by atoms with Crippen LogP contribution in [-0.2, 0) is 0 Å². The van der Waals surface area contributed by atoms with E-state index in [1.807, 2.05) is 0 Å². The van der Waals surface area contributed by atoms with Crippen molar-refractivity contribution >= 4 is 0 Å². The summed E-state index contributed by atoms with van der Waals surface area (Å²) in [4.78, 5) is 0. The lowest BCUT2D eigenvalue weighted by molar-refractivity contribution is -0.224. The van der Waals surface area contributed by atoms with Crippen molar-refractivity contribution in [2.45, 2.75) is 77.2 Å². The quantitative estimate of drug-likeness (QED) is 0.408. The molecule has 1 aromatic rings. The Labute approximate surface area is 171 Å². The highest BCUT2D eigenvalue weighted by Gasteiger charge is 2.45. The van der Waals surface area contributed by atoms with Gasteiger partial charge in [0, 0.05) is 6.07 Å². The molecule has 29 heavy (non-hydrogen) atoms. The normalized spacial score (nSPS) is 28.2. The van der Waals surface area contributed by atoms with E-state index >= 15 is 0 Å². The highest BCUT2D eigenvalue weighted by atomic mass is 19.3. The SMILES string of the molecule is CCCC1CCC(C2CCC(C(F)(F)Oc3ccc(OCF)c(F)c3)CC2)CC1. The minimum absolute atomic E-state index is 0.268. The fourth-order valence-corrected chi connectivity index (χ4v) is 5.24. The molecule has 2 nitrogen and oxygen atoms in total. The Balaban J connectivity index is 1.50. The van der Waals surface area contributed by atoms with Gasteiger partial charge >= 0.3 is 6.11 Å². The maximum absolute atomic E-state index is 14.6. The van der Waals surface area contributed by atoms with Gasteiger partial charge in [-0.25, -0.2) is 8.78 Å². The molecule has 2 aliphatic carbocycles. The van der Waals surface area contributed by atoms with Crippen molar-refractivity contribution in [3.05, 3.63) is 24.0 Å². The largest absolute Gasteiger partial charge is 0.460 e. The summed E-state index contributed by atoms with van der Waals surface area (Å²) in [5.74, 6) is -0.298. The fourth-order valence-electron chi connectivity index (χ4n) is 5.24. The molecular weight excluding hydrogens is 384 g/mol. The highest BCUT2D eigenvalue weighted by molar-refractivity contribution is 5.33. The number of benzene rings is 1. The van der Waals surface area contributed by atoms with Crippen molar-refractivity contribution < 1.29 is 27.0 Å². The zero-order valence-corrected chi connectivity index (χ0v) is 17.1. The summed E-state index contributed by atoms with van der Waals surface area (Å²) in [5, 5.41) is 0. The van der Waals surface area contributed by atoms with E-state index in [0.717, 1.165) is 30.9 Å². The number of alkyl halides is 3. The van der Waals surface area contributed by atoms with E-state index in [-0.39, 0.29) is 11.5 Å². The molecule has 0 atom stereocenters. The third-order valence-electron chi connectivity index (χ3n) is 6.87. The topological polar surface area (TPSA) is 18.5 Å². The third kappa shape index (κ3) is 5.79. The lowest BCUT2D eigenvalue weighted by Gasteiger charge is -2.39. The second kappa shape index (κ2) is 10.0. The third-order valence-corrected chi connectivity index (χ3v) is 6.87. The van der Waals surface area contributed by atoms with E-state index in [4.69, 9.17) is 4.74 Å². The minimum Gasteiger partial charge on any atom is -0.460 e. The number of rotatable bonds is 8. The van der Waals surface area contributed by atoms with E-state index in [1.165, 1.54) is 44.6 Å². The zero-order valence-electron chi connectivity index (χ0n) is 17.1. The fraction of sp³-hybridized carbons (Fsp3) is 0.739. The van der Waals surface area contributed by atoms with Gasteiger partial charge < -0.3 is 9.47 Å². The first kappa shape index (κ1) is 22.2. The van der Waals surface area contributed by atoms with Crippen molar-refractivity contribution in [3.63, 3.8) is 0 Å². The molecule has 0 aromatic heterocycles. The van der Waals surface area contributed by atoms with E-state index in [2.05, 4.69) is 11.7 Å². The number of ether oxygens (including phenoxy) is 2. The molecule has 0 N–H and O–H groups in total. The number of halogens is 4. The molecule has 6 heteroatoms. The summed E-state index contributed by atoms with van der Waals surface area (Å²) in [6.07, 6.45) is 6.72. The van der Waals surface area contributed by atoms with Gasteiger partial charge in [-0.3, -0.25) is 0 Å². The van der Waals surface area contributed by atoms with Gasteiger partial charge in [0.2, 0.25) is 6.86 Å². The first-order valence-corrected chi connectivity index (χ1v) is 11.0. The molecule has 2 aliphatic rings. The van der Waals surface area contributed by atoms with Crippen LogP contribution < -0.4 is 9.47 Å². The monoisotopic (exact) mass is 416 g/mol. The number of hydrogen-bond acceptors (Lipinski definition) is 2. The van der Waals surface area contributed by atoms with Crippen LogP contribution in [0.5, 0.6) is 11.5 Å². The number of hydrogen-bond donors (Lipinski definition) is 0. The lowest BCUT2D eigenvalue weighted by Crippen LogP contribution is -2.38. The molecule has 0 aliphatic heterocycles. The Bertz CT molecular complexity index is 636. The average molecular weight is 416 g/mol. The van der Waals surface area contributed by atoms with Crippen molar-refractivity contribution in [2.75, 3.05) is 6.86 Å². The van der Waals surface area contributed by atoms with Gasteiger partial charge in [0.05, 0.1) is 5.92 Å². The maximum atomic E-state index is 14.6. The highest BCUT2D eigenvalue weighted by Crippen LogP contribution is 2.46. The zero-order chi connectivity index (χ0) is 20.9. The van der Waals surface area contributed by atoms with Gasteiger partial charge in [-0.1, -0.05) is 32.6 Å². The molecule has 0 bridgehead atoms. The van der Waals surface area contributed by atoms with Gasteiger partial charge in [-0.15, -0.1) is 0 Å². The smallest absolute Gasteiger partial charge is 0.400 e. The van der Waals surface area contributed by atoms with Crippen molar-refractivity contribution in [3.8, 4) is 11.5 Å². The van der Waals surface area contributed by atoms with Crippen LogP contribution in [0.4, 0.5) is 17.6 Å². The summed E-state index contributed by atoms with van der Waals surface area (Å²) < 4.78 is 64.5. The van der Waals surface area contributed by atoms with Gasteiger partial charge in [0.25, 0.3) is 0 Å². The molecule has 2 fully saturated rings. The Hall–Kier alpha value is -1.46. The summed E-state index contributed by atoms with van der Waals surface area (Å²) in [5.41, 5.74) is 0. The van der Waals surface area contributed by atoms with Gasteiger partial charge in [0.15, 0.2) is 11.6 Å². The van der Waals surface area contributed by atoms with E-state index < -0.39 is 24.7 Å². The predicted octanol–water partition coefficient (Wildman–Crippen LogP) is 7.52. The minimum atomic E-state index is -3.35. The van der Waals surface area contributed by atoms with Gasteiger partial charge in [-0.2, -0.15) is 8.78 Å². The Morgan fingerprint density at radius 1 is 0.966 bits per heavy atom. The van der Waals surface area contributed by atoms with Crippen LogP contribution in [0, 0.1) is 29.5 Å². The van der Waals surface area contributed by atoms with E-state index in [0.29, 0.717) is 24.7 Å². The second-order valence-electron chi connectivity index (χ2n) is 8.69. The lowest BCUT2D eigenvalue weighted by atomic mass is 9.68. The van der Waals surface area contributed by atoms with Crippen molar-refractivity contribution in [1.82, 2.24) is 0 Å². The van der Waals surface area contributed by atoms with Crippen LogP contribution in [0.15, 0.2) is 18.2 Å². The summed E-state index contributed by atoms with van der Waals surface area (Å²) in [6.45, 7) is 1.05. The molecule has 0 heterocycles. The first-order valence-electron chi connectivity index (χ1n) is 11.0. The molecule has 2 saturated carbocycles. The van der Waals surface area contributed by atoms with E-state index in [9.17, 15) is 17.6 Å². The molecule has 0 radical (unpaired) electrons. The van der Waals surface area contributed by atoms with Crippen LogP contribution in [0.1, 0.15) is 71.1 Å². The maximum Gasteiger partial charge on any atom is 0.400 e. The summed E-state index contributed by atoms with van der Waals surface area (Å²) in [6, 6.07) is 3.10. The molecule has 0 amide bonds. The standard InChI is InChI=1S/C23H32F4O2/c1-2-3-16-4-6-17(7-5-16)18-8-10-19(11-9-18)23(26,27)29-20-12-13-22(28-15-24)21(25)14-20/h12-14,16-19H,2-11,15H2,1H3. The molecule has 0 spiro atoms. The molecule has 3 rings (SSSR count). The molecular formula is C23H32F4O2. The summed E-state index contributed by atoms with van der Waals surface area (Å²) >= 11 is 0. The molecule has 164 valence electrons. The summed E-state index contributed by atoms with van der Waals surface area (Å²) in [7, 11) is 0. The molecule has 1 aromatic carbocycles. The van der Waals surface area contributed by atoms with E-state index in [1.54, 1.807) is 0 Å². The van der Waals surface area contributed by atoms with Crippen molar-refractivity contribution in [2.24, 2.45) is 23.7 Å². The van der Waals surface area contributed by atoms with Crippen LogP contribution in [0.25, 0.3) is 0 Å². The first-order chi connectivity index (χ1) is 13.9. The Morgan fingerprint density at radius 2 is 1.59 bits per heavy atom. The Kier molecular flexibility index (Phi) is 7.69. The Morgan fingerprint density at radius 3 is 2.14 bits per heavy atom. The van der Waals surface area contributed by atoms with Crippen LogP contribution in [0.2, 0.25) is 0 Å². The molecule has 0 saturated heterocycles. The second-order valence-corrected chi connectivity index (χ2v) is 8.69. The van der Waals surface area contributed by atoms with Crippen LogP contribution in [0.3, 0.4) is 0 Å².